The van der Waals surface area contributed by atoms with Gasteiger partial charge in [-0.15, -0.1) is 0 Å². The number of aliphatic hydroxyl groups is 2. The number of ether oxygens (including phenoxy) is 2. The van der Waals surface area contributed by atoms with Crippen LogP contribution >= 0.6 is 11.6 Å². The Balaban J connectivity index is 1.54. The van der Waals surface area contributed by atoms with E-state index in [1.54, 1.807) is 31.3 Å². The van der Waals surface area contributed by atoms with Gasteiger partial charge in [-0.25, -0.2) is 0 Å². The number of hydrogen-bond acceptors (Lipinski definition) is 7. The summed E-state index contributed by atoms with van der Waals surface area (Å²) in [6.45, 7) is 0. The van der Waals surface area contributed by atoms with E-state index in [-0.39, 0.29) is 11.5 Å². The first kappa shape index (κ1) is 26.4. The molecule has 4 aromatic carbocycles. The number of halogens is 1. The Morgan fingerprint density at radius 2 is 1.64 bits per heavy atom. The quantitative estimate of drug-likeness (QED) is 0.248. The Bertz CT molecular complexity index is 1570. The van der Waals surface area contributed by atoms with Crippen molar-refractivity contribution in [1.29, 1.82) is 0 Å². The number of nitrogens with one attached hydrogen (secondary N) is 1. The first-order valence-corrected chi connectivity index (χ1v) is 12.8. The molecular weight excluding hydrogens is 516 g/mol. The van der Waals surface area contributed by atoms with Crippen LogP contribution < -0.4 is 19.7 Å². The molecule has 1 aliphatic heterocycles. The van der Waals surface area contributed by atoms with E-state index in [1.165, 1.54) is 19.1 Å². The van der Waals surface area contributed by atoms with Gasteiger partial charge in [0.1, 0.15) is 6.10 Å². The molecule has 0 saturated heterocycles. The Labute approximate surface area is 231 Å². The lowest BCUT2D eigenvalue weighted by Crippen LogP contribution is -2.38. The van der Waals surface area contributed by atoms with Crippen LogP contribution in [0.2, 0.25) is 5.02 Å². The maximum atomic E-state index is 14.1. The fourth-order valence-corrected chi connectivity index (χ4v) is 5.07. The minimum Gasteiger partial charge on any atom is -0.494 e. The number of aliphatic hydroxyl groups excluding tert-OH is 2. The molecule has 1 heterocycles. The summed E-state index contributed by atoms with van der Waals surface area (Å²) in [6.07, 6.45) is -1.08. The fraction of sp³-hybridized carbons (Fsp3) is 0.194. The third kappa shape index (κ3) is 5.11. The van der Waals surface area contributed by atoms with Crippen molar-refractivity contribution in [2.24, 2.45) is 0 Å². The maximum absolute atomic E-state index is 14.1. The number of benzene rings is 4. The second kappa shape index (κ2) is 10.9. The van der Waals surface area contributed by atoms with E-state index in [0.29, 0.717) is 34.2 Å². The largest absolute Gasteiger partial charge is 0.494 e. The second-order valence-electron chi connectivity index (χ2n) is 9.42. The molecule has 5 rings (SSSR count). The highest BCUT2D eigenvalue weighted by molar-refractivity contribution is 6.30. The number of anilines is 2. The van der Waals surface area contributed by atoms with Crippen molar-refractivity contribution in [2.75, 3.05) is 31.5 Å². The van der Waals surface area contributed by atoms with Crippen LogP contribution in [0.1, 0.15) is 17.2 Å². The number of Topliss-reactive ketones (excluding diaryl/α,β-unsaturated/α-hetero) is 1. The van der Waals surface area contributed by atoms with Gasteiger partial charge in [-0.05, 0) is 46.7 Å². The standard InChI is InChI=1S/C31H29ClN2O5/c1-34-25-17-27(39-3)26(38-2)16-23(25)29(35)28(31(34)37)30(36)24(14-18-8-11-21(32)12-9-18)33-22-13-10-19-6-4-5-7-20(19)15-22/h4-13,15-17,24,29,33,35,37H,14H2,1-3H3. The molecule has 0 radical (unpaired) electrons. The number of fused-ring (bicyclic) bond motifs is 2. The van der Waals surface area contributed by atoms with Crippen LogP contribution in [0.5, 0.6) is 11.5 Å². The number of rotatable bonds is 8. The van der Waals surface area contributed by atoms with E-state index in [9.17, 15) is 15.0 Å². The summed E-state index contributed by atoms with van der Waals surface area (Å²) >= 11 is 6.09. The summed E-state index contributed by atoms with van der Waals surface area (Å²) < 4.78 is 10.8. The van der Waals surface area contributed by atoms with E-state index in [0.717, 1.165) is 22.0 Å². The van der Waals surface area contributed by atoms with Crippen LogP contribution in [-0.2, 0) is 11.2 Å². The van der Waals surface area contributed by atoms with Crippen LogP contribution in [0, 0.1) is 0 Å². The van der Waals surface area contributed by atoms with Crippen LogP contribution in [0.4, 0.5) is 11.4 Å². The molecule has 39 heavy (non-hydrogen) atoms. The zero-order valence-corrected chi connectivity index (χ0v) is 22.6. The van der Waals surface area contributed by atoms with E-state index in [2.05, 4.69) is 5.32 Å². The highest BCUT2D eigenvalue weighted by Crippen LogP contribution is 2.44. The maximum Gasteiger partial charge on any atom is 0.201 e. The third-order valence-corrected chi connectivity index (χ3v) is 7.30. The Hall–Kier alpha value is -4.20. The predicted molar refractivity (Wildman–Crippen MR) is 154 cm³/mol. The van der Waals surface area contributed by atoms with Gasteiger partial charge in [-0.3, -0.25) is 4.79 Å². The lowest BCUT2D eigenvalue weighted by molar-refractivity contribution is -0.117. The summed E-state index contributed by atoms with van der Waals surface area (Å²) in [5.74, 6) is 0.0874. The lowest BCUT2D eigenvalue weighted by Gasteiger charge is -2.33. The number of carbonyl (C=O) groups excluding carboxylic acids is 1. The van der Waals surface area contributed by atoms with Crippen molar-refractivity contribution in [1.82, 2.24) is 0 Å². The molecule has 4 aromatic rings. The van der Waals surface area contributed by atoms with Crippen molar-refractivity contribution in [3.63, 3.8) is 0 Å². The molecule has 8 heteroatoms. The molecule has 7 nitrogen and oxygen atoms in total. The zero-order chi connectivity index (χ0) is 27.7. The summed E-state index contributed by atoms with van der Waals surface area (Å²) in [4.78, 5) is 15.6. The molecule has 0 saturated carbocycles. The molecule has 0 fully saturated rings. The van der Waals surface area contributed by atoms with Gasteiger partial charge in [0.25, 0.3) is 0 Å². The monoisotopic (exact) mass is 544 g/mol. The summed E-state index contributed by atoms with van der Waals surface area (Å²) in [6, 6.07) is 23.6. The van der Waals surface area contributed by atoms with Gasteiger partial charge in [0.05, 0.1) is 31.5 Å². The normalized spacial score (nSPS) is 15.6. The summed E-state index contributed by atoms with van der Waals surface area (Å²) in [5, 5.41) is 28.6. The Morgan fingerprint density at radius 3 is 2.33 bits per heavy atom. The van der Waals surface area contributed by atoms with Crippen molar-refractivity contribution < 1.29 is 24.5 Å². The average Bonchev–Trinajstić information content (AvgIpc) is 2.96. The van der Waals surface area contributed by atoms with Gasteiger partial charge in [0, 0.05) is 35.8 Å². The number of methoxy groups -OCH3 is 2. The van der Waals surface area contributed by atoms with Crippen molar-refractivity contribution in [3.8, 4) is 11.5 Å². The molecule has 0 aromatic heterocycles. The minimum atomic E-state index is -1.38. The average molecular weight is 545 g/mol. The molecule has 3 N–H and O–H groups in total. The number of carbonyl (C=O) groups is 1. The van der Waals surface area contributed by atoms with Crippen LogP contribution in [-0.4, -0.2) is 43.3 Å². The topological polar surface area (TPSA) is 91.3 Å². The number of ketones is 1. The second-order valence-corrected chi connectivity index (χ2v) is 9.85. The number of hydrogen-bond donors (Lipinski definition) is 3. The van der Waals surface area contributed by atoms with Crippen LogP contribution in [0.15, 0.2) is 90.3 Å². The SMILES string of the molecule is COc1cc2c(cc1OC)N(C)C(O)=C(C(=O)C(Cc1ccc(Cl)cc1)Nc1ccc3ccccc3c1)C2O. The van der Waals surface area contributed by atoms with Gasteiger partial charge >= 0.3 is 0 Å². The highest BCUT2D eigenvalue weighted by Gasteiger charge is 2.38. The molecule has 0 spiro atoms. The summed E-state index contributed by atoms with van der Waals surface area (Å²) in [7, 11) is 4.64. The lowest BCUT2D eigenvalue weighted by atomic mass is 9.88. The summed E-state index contributed by atoms with van der Waals surface area (Å²) in [5.41, 5.74) is 2.44. The van der Waals surface area contributed by atoms with Gasteiger partial charge < -0.3 is 29.9 Å². The first-order valence-electron chi connectivity index (χ1n) is 12.5. The van der Waals surface area contributed by atoms with Crippen LogP contribution in [0.25, 0.3) is 10.8 Å². The molecule has 0 amide bonds. The fourth-order valence-electron chi connectivity index (χ4n) is 4.94. The zero-order valence-electron chi connectivity index (χ0n) is 21.8. The molecular formula is C31H29ClN2O5. The molecule has 0 bridgehead atoms. The first-order chi connectivity index (χ1) is 18.8. The van der Waals surface area contributed by atoms with Gasteiger partial charge in [-0.1, -0.05) is 54.1 Å². The van der Waals surface area contributed by atoms with E-state index >= 15 is 0 Å². The van der Waals surface area contributed by atoms with Gasteiger partial charge in [-0.2, -0.15) is 0 Å². The Kier molecular flexibility index (Phi) is 7.37. The van der Waals surface area contributed by atoms with Gasteiger partial charge in [0.15, 0.2) is 17.3 Å². The van der Waals surface area contributed by atoms with Crippen molar-refractivity contribution >= 4 is 39.5 Å². The Morgan fingerprint density at radius 1 is 0.974 bits per heavy atom. The molecule has 2 unspecified atom stereocenters. The van der Waals surface area contributed by atoms with Gasteiger partial charge in [0.2, 0.25) is 5.88 Å². The van der Waals surface area contributed by atoms with E-state index in [4.69, 9.17) is 21.1 Å². The van der Waals surface area contributed by atoms with Crippen LogP contribution in [0.3, 0.4) is 0 Å². The van der Waals surface area contributed by atoms with Crippen molar-refractivity contribution in [3.05, 3.63) is 106 Å². The molecule has 200 valence electrons. The predicted octanol–water partition coefficient (Wildman–Crippen LogP) is 6.06. The van der Waals surface area contributed by atoms with Crippen molar-refractivity contribution in [2.45, 2.75) is 18.6 Å². The van der Waals surface area contributed by atoms with E-state index < -0.39 is 17.9 Å². The number of nitrogens with zero attached hydrogens (tertiary/aromatic N) is 1. The van der Waals surface area contributed by atoms with E-state index in [1.807, 2.05) is 54.6 Å². The highest BCUT2D eigenvalue weighted by atomic mass is 35.5. The smallest absolute Gasteiger partial charge is 0.201 e. The molecule has 2 atom stereocenters. The minimum absolute atomic E-state index is 0.107. The third-order valence-electron chi connectivity index (χ3n) is 7.05. The molecule has 0 aliphatic carbocycles. The molecule has 1 aliphatic rings.